The Kier molecular flexibility index (Phi) is 10.8. The van der Waals surface area contributed by atoms with Gasteiger partial charge in [0, 0.05) is 18.7 Å². The Balaban J connectivity index is 2.07. The molecule has 41 heavy (non-hydrogen) atoms. The number of aryl methyl sites for hydroxylation is 1. The van der Waals surface area contributed by atoms with Gasteiger partial charge in [0.05, 0.1) is 24.8 Å². The van der Waals surface area contributed by atoms with Gasteiger partial charge in [0.2, 0.25) is 11.8 Å². The summed E-state index contributed by atoms with van der Waals surface area (Å²) in [5.74, 6) is -0.130. The quantitative estimate of drug-likeness (QED) is 0.318. The van der Waals surface area contributed by atoms with Crippen molar-refractivity contribution in [3.63, 3.8) is 0 Å². The number of sulfonamides is 1. The maximum atomic E-state index is 14.0. The van der Waals surface area contributed by atoms with Crippen LogP contribution in [0.5, 0.6) is 11.5 Å². The smallest absolute Gasteiger partial charge is 0.264 e. The van der Waals surface area contributed by atoms with Gasteiger partial charge in [-0.3, -0.25) is 13.9 Å². The van der Waals surface area contributed by atoms with Crippen molar-refractivity contribution in [3.8, 4) is 11.5 Å². The largest absolute Gasteiger partial charge is 0.493 e. The summed E-state index contributed by atoms with van der Waals surface area (Å²) in [5, 5.41) is 2.93. The normalized spacial score (nSPS) is 12.6. The SMILES string of the molecule is CC[C@H](C)NC(=O)[C@@H](C)N(Cc1ccccc1)C(=O)CN(c1ccc(OC)c(OC)c1)S(=O)(=O)c1ccc(C)cc1. The molecule has 0 heterocycles. The number of hydrogen-bond acceptors (Lipinski definition) is 6. The highest BCUT2D eigenvalue weighted by Gasteiger charge is 2.33. The van der Waals surface area contributed by atoms with Crippen molar-refractivity contribution in [1.29, 1.82) is 0 Å². The minimum atomic E-state index is -4.20. The summed E-state index contributed by atoms with van der Waals surface area (Å²) in [4.78, 5) is 28.6. The molecular formula is C31H39N3O6S. The van der Waals surface area contributed by atoms with E-state index in [1.165, 1.54) is 37.3 Å². The first-order valence-electron chi connectivity index (χ1n) is 13.5. The monoisotopic (exact) mass is 581 g/mol. The van der Waals surface area contributed by atoms with Crippen LogP contribution in [-0.4, -0.2) is 58.0 Å². The number of nitrogens with zero attached hydrogens (tertiary/aromatic N) is 2. The predicted octanol–water partition coefficient (Wildman–Crippen LogP) is 4.54. The van der Waals surface area contributed by atoms with Crippen LogP contribution in [0.25, 0.3) is 0 Å². The molecule has 0 aromatic heterocycles. The number of rotatable bonds is 13. The fourth-order valence-electron chi connectivity index (χ4n) is 4.17. The molecule has 0 unspecified atom stereocenters. The molecule has 3 aromatic rings. The fourth-order valence-corrected chi connectivity index (χ4v) is 5.58. The van der Waals surface area contributed by atoms with Crippen LogP contribution in [0.1, 0.15) is 38.3 Å². The lowest BCUT2D eigenvalue weighted by atomic mass is 10.1. The second-order valence-corrected chi connectivity index (χ2v) is 11.7. The Labute approximate surface area is 243 Å². The molecule has 0 fully saturated rings. The van der Waals surface area contributed by atoms with Gasteiger partial charge in [0.1, 0.15) is 12.6 Å². The summed E-state index contributed by atoms with van der Waals surface area (Å²) in [6, 6.07) is 19.4. The Morgan fingerprint density at radius 2 is 1.54 bits per heavy atom. The van der Waals surface area contributed by atoms with Crippen molar-refractivity contribution in [1.82, 2.24) is 10.2 Å². The van der Waals surface area contributed by atoms with Crippen LogP contribution in [0, 0.1) is 6.92 Å². The van der Waals surface area contributed by atoms with Crippen LogP contribution in [-0.2, 0) is 26.2 Å². The van der Waals surface area contributed by atoms with E-state index in [0.29, 0.717) is 11.5 Å². The molecule has 0 saturated carbocycles. The van der Waals surface area contributed by atoms with E-state index >= 15 is 0 Å². The topological polar surface area (TPSA) is 105 Å². The molecular weight excluding hydrogens is 542 g/mol. The molecule has 9 nitrogen and oxygen atoms in total. The summed E-state index contributed by atoms with van der Waals surface area (Å²) in [6.07, 6.45) is 0.729. The summed E-state index contributed by atoms with van der Waals surface area (Å²) < 4.78 is 39.8. The summed E-state index contributed by atoms with van der Waals surface area (Å²) in [7, 11) is -1.27. The van der Waals surface area contributed by atoms with Crippen molar-refractivity contribution in [3.05, 3.63) is 83.9 Å². The minimum absolute atomic E-state index is 0.0304. The van der Waals surface area contributed by atoms with Gasteiger partial charge in [-0.05, 0) is 57.0 Å². The molecule has 0 saturated heterocycles. The number of nitrogens with one attached hydrogen (secondary N) is 1. The van der Waals surface area contributed by atoms with E-state index in [9.17, 15) is 18.0 Å². The summed E-state index contributed by atoms with van der Waals surface area (Å²) >= 11 is 0. The van der Waals surface area contributed by atoms with Gasteiger partial charge in [-0.2, -0.15) is 0 Å². The highest BCUT2D eigenvalue weighted by Crippen LogP contribution is 2.34. The van der Waals surface area contributed by atoms with Crippen LogP contribution >= 0.6 is 0 Å². The Morgan fingerprint density at radius 3 is 2.12 bits per heavy atom. The van der Waals surface area contributed by atoms with Crippen LogP contribution in [0.2, 0.25) is 0 Å². The van der Waals surface area contributed by atoms with Gasteiger partial charge in [0.15, 0.2) is 11.5 Å². The Hall–Kier alpha value is -4.05. The molecule has 0 aliphatic carbocycles. The molecule has 10 heteroatoms. The summed E-state index contributed by atoms with van der Waals surface area (Å²) in [6.45, 7) is 6.94. The number of ether oxygens (including phenoxy) is 2. The second kappa shape index (κ2) is 14.0. The van der Waals surface area contributed by atoms with E-state index in [2.05, 4.69) is 5.32 Å². The molecule has 0 bridgehead atoms. The lowest BCUT2D eigenvalue weighted by Gasteiger charge is -2.32. The second-order valence-electron chi connectivity index (χ2n) is 9.87. The van der Waals surface area contributed by atoms with Crippen molar-refractivity contribution in [2.75, 3.05) is 25.1 Å². The lowest BCUT2D eigenvalue weighted by molar-refractivity contribution is -0.139. The van der Waals surface area contributed by atoms with Crippen LogP contribution < -0.4 is 19.1 Å². The number of carbonyl (C=O) groups is 2. The standard InChI is InChI=1S/C31H39N3O6S/c1-7-23(3)32-31(36)24(4)33(20-25-11-9-8-10-12-25)30(35)21-34(26-15-18-28(39-5)29(19-26)40-6)41(37,38)27-16-13-22(2)14-17-27/h8-19,23-24H,7,20-21H2,1-6H3,(H,32,36)/t23-,24+/m0/s1. The van der Waals surface area contributed by atoms with Gasteiger partial charge in [-0.25, -0.2) is 8.42 Å². The fraction of sp³-hybridized carbons (Fsp3) is 0.355. The molecule has 0 spiro atoms. The van der Waals surface area contributed by atoms with Gasteiger partial charge in [0.25, 0.3) is 10.0 Å². The van der Waals surface area contributed by atoms with E-state index in [1.807, 2.05) is 51.1 Å². The van der Waals surface area contributed by atoms with Crippen molar-refractivity contribution < 1.29 is 27.5 Å². The molecule has 220 valence electrons. The van der Waals surface area contributed by atoms with Gasteiger partial charge >= 0.3 is 0 Å². The maximum Gasteiger partial charge on any atom is 0.264 e. The molecule has 0 aliphatic heterocycles. The van der Waals surface area contributed by atoms with Crippen molar-refractivity contribution in [2.45, 2.75) is 57.6 Å². The molecule has 0 aliphatic rings. The average Bonchev–Trinajstić information content (AvgIpc) is 2.98. The van der Waals surface area contributed by atoms with Crippen LogP contribution in [0.3, 0.4) is 0 Å². The number of anilines is 1. The van der Waals surface area contributed by atoms with Crippen LogP contribution in [0.15, 0.2) is 77.7 Å². The first kappa shape index (κ1) is 31.5. The first-order chi connectivity index (χ1) is 19.5. The molecule has 3 rings (SSSR count). The Bertz CT molecular complexity index is 1430. The molecule has 3 aromatic carbocycles. The number of hydrogen-bond donors (Lipinski definition) is 1. The highest BCUT2D eigenvalue weighted by atomic mass is 32.2. The third kappa shape index (κ3) is 7.79. The lowest BCUT2D eigenvalue weighted by Crippen LogP contribution is -2.52. The van der Waals surface area contributed by atoms with Gasteiger partial charge < -0.3 is 19.7 Å². The first-order valence-corrected chi connectivity index (χ1v) is 14.9. The molecule has 2 atom stereocenters. The zero-order valence-electron chi connectivity index (χ0n) is 24.5. The number of carbonyl (C=O) groups excluding carboxylic acids is 2. The van der Waals surface area contributed by atoms with E-state index in [0.717, 1.165) is 21.9 Å². The number of amides is 2. The van der Waals surface area contributed by atoms with Crippen molar-refractivity contribution in [2.24, 2.45) is 0 Å². The Morgan fingerprint density at radius 1 is 0.902 bits per heavy atom. The third-order valence-corrected chi connectivity index (χ3v) is 8.70. The maximum absolute atomic E-state index is 14.0. The zero-order valence-corrected chi connectivity index (χ0v) is 25.3. The predicted molar refractivity (Wildman–Crippen MR) is 160 cm³/mol. The molecule has 2 amide bonds. The van der Waals surface area contributed by atoms with E-state index in [-0.39, 0.29) is 29.1 Å². The number of methoxy groups -OCH3 is 2. The van der Waals surface area contributed by atoms with E-state index in [1.54, 1.807) is 31.2 Å². The van der Waals surface area contributed by atoms with Crippen molar-refractivity contribution >= 4 is 27.5 Å². The molecule has 0 radical (unpaired) electrons. The van der Waals surface area contributed by atoms with E-state index < -0.39 is 28.5 Å². The van der Waals surface area contributed by atoms with Crippen LogP contribution in [0.4, 0.5) is 5.69 Å². The molecule has 1 N–H and O–H groups in total. The van der Waals surface area contributed by atoms with Gasteiger partial charge in [-0.15, -0.1) is 0 Å². The average molecular weight is 582 g/mol. The highest BCUT2D eigenvalue weighted by molar-refractivity contribution is 7.92. The number of benzene rings is 3. The zero-order chi connectivity index (χ0) is 30.2. The van der Waals surface area contributed by atoms with Gasteiger partial charge in [-0.1, -0.05) is 55.0 Å². The minimum Gasteiger partial charge on any atom is -0.493 e. The summed E-state index contributed by atoms with van der Waals surface area (Å²) in [5.41, 5.74) is 1.92. The third-order valence-electron chi connectivity index (χ3n) is 6.91. The van der Waals surface area contributed by atoms with E-state index in [4.69, 9.17) is 9.47 Å².